The van der Waals surface area contributed by atoms with Gasteiger partial charge in [-0.15, -0.1) is 24.0 Å². The van der Waals surface area contributed by atoms with E-state index in [0.29, 0.717) is 0 Å². The number of piperidine rings is 1. The van der Waals surface area contributed by atoms with Crippen LogP contribution < -0.4 is 5.32 Å². The van der Waals surface area contributed by atoms with Crippen molar-refractivity contribution >= 4 is 29.9 Å². The van der Waals surface area contributed by atoms with Gasteiger partial charge in [0, 0.05) is 19.6 Å². The number of hydrogen-bond acceptors (Lipinski definition) is 3. The lowest BCUT2D eigenvalue weighted by Crippen LogP contribution is -2.48. The van der Waals surface area contributed by atoms with Gasteiger partial charge in [-0.3, -0.25) is 4.99 Å². The molecule has 6 heteroatoms. The van der Waals surface area contributed by atoms with Gasteiger partial charge in [-0.2, -0.15) is 0 Å². The number of benzene rings is 1. The molecule has 1 unspecified atom stereocenters. The molecule has 0 bridgehead atoms. The Morgan fingerprint density at radius 2 is 1.96 bits per heavy atom. The molecular weight excluding hydrogens is 463 g/mol. The number of guanidine groups is 1. The largest absolute Gasteiger partial charge is 0.370 e. The lowest BCUT2D eigenvalue weighted by Gasteiger charge is -2.36. The number of nitrogens with zero attached hydrogens (tertiary/aromatic N) is 3. The third-order valence-corrected chi connectivity index (χ3v) is 5.87. The van der Waals surface area contributed by atoms with Gasteiger partial charge >= 0.3 is 0 Å². The molecule has 2 aliphatic heterocycles. The number of likely N-dealkylation sites (tertiary alicyclic amines) is 1. The van der Waals surface area contributed by atoms with Gasteiger partial charge < -0.3 is 19.9 Å². The van der Waals surface area contributed by atoms with Crippen molar-refractivity contribution < 1.29 is 4.74 Å². The Morgan fingerprint density at radius 1 is 1.21 bits per heavy atom. The summed E-state index contributed by atoms with van der Waals surface area (Å²) in [5, 5.41) is 3.50. The number of rotatable bonds is 5. The van der Waals surface area contributed by atoms with E-state index in [-0.39, 0.29) is 30.1 Å². The molecule has 158 valence electrons. The zero-order chi connectivity index (χ0) is 19.1. The SMILES string of the molecule is CCNC(=NCCC1CCN(C)CC1)N1CCOC(c2ccccc2C)C1.I. The number of aryl methyl sites for hydroxylation is 1. The van der Waals surface area contributed by atoms with Crippen molar-refractivity contribution in [2.24, 2.45) is 10.9 Å². The van der Waals surface area contributed by atoms with Crippen LogP contribution in [0, 0.1) is 12.8 Å². The topological polar surface area (TPSA) is 40.1 Å². The number of ether oxygens (including phenoxy) is 1. The first-order valence-electron chi connectivity index (χ1n) is 10.6. The van der Waals surface area contributed by atoms with Crippen molar-refractivity contribution in [2.75, 3.05) is 52.9 Å². The quantitative estimate of drug-likeness (QED) is 0.381. The monoisotopic (exact) mass is 500 g/mol. The van der Waals surface area contributed by atoms with Crippen LogP contribution in [0.3, 0.4) is 0 Å². The Bertz CT molecular complexity index is 616. The highest BCUT2D eigenvalue weighted by molar-refractivity contribution is 14.0. The van der Waals surface area contributed by atoms with E-state index >= 15 is 0 Å². The number of aliphatic imine (C=N–C) groups is 1. The summed E-state index contributed by atoms with van der Waals surface area (Å²) in [6.07, 6.45) is 3.96. The Balaban J connectivity index is 0.00000280. The zero-order valence-electron chi connectivity index (χ0n) is 17.7. The average Bonchev–Trinajstić information content (AvgIpc) is 2.69. The third kappa shape index (κ3) is 6.59. The number of hydrogen-bond donors (Lipinski definition) is 1. The van der Waals surface area contributed by atoms with Gasteiger partial charge in [-0.05, 0) is 70.3 Å². The summed E-state index contributed by atoms with van der Waals surface area (Å²) in [5.74, 6) is 1.88. The van der Waals surface area contributed by atoms with Crippen LogP contribution in [0.15, 0.2) is 29.3 Å². The molecule has 2 saturated heterocycles. The van der Waals surface area contributed by atoms with E-state index in [9.17, 15) is 0 Å². The molecule has 0 amide bonds. The summed E-state index contributed by atoms with van der Waals surface area (Å²) in [5.41, 5.74) is 2.60. The normalized spacial score (nSPS) is 22.0. The minimum absolute atomic E-state index is 0. The molecule has 2 aliphatic rings. The van der Waals surface area contributed by atoms with Crippen LogP contribution in [-0.4, -0.2) is 68.7 Å². The highest BCUT2D eigenvalue weighted by Crippen LogP contribution is 2.25. The van der Waals surface area contributed by atoms with Crippen LogP contribution in [-0.2, 0) is 4.74 Å². The zero-order valence-corrected chi connectivity index (χ0v) is 20.0. The highest BCUT2D eigenvalue weighted by atomic mass is 127. The highest BCUT2D eigenvalue weighted by Gasteiger charge is 2.25. The van der Waals surface area contributed by atoms with Crippen LogP contribution in [0.1, 0.15) is 43.4 Å². The maximum atomic E-state index is 6.08. The van der Waals surface area contributed by atoms with Crippen molar-refractivity contribution in [3.63, 3.8) is 0 Å². The fraction of sp³-hybridized carbons (Fsp3) is 0.682. The molecule has 3 rings (SSSR count). The molecule has 28 heavy (non-hydrogen) atoms. The van der Waals surface area contributed by atoms with E-state index < -0.39 is 0 Å². The fourth-order valence-electron chi connectivity index (χ4n) is 4.11. The lowest BCUT2D eigenvalue weighted by molar-refractivity contribution is -0.00833. The molecule has 5 nitrogen and oxygen atoms in total. The van der Waals surface area contributed by atoms with Crippen molar-refractivity contribution in [1.82, 2.24) is 15.1 Å². The molecule has 2 heterocycles. The molecular formula is C22H37IN4O. The predicted octanol–water partition coefficient (Wildman–Crippen LogP) is 3.68. The molecule has 1 atom stereocenters. The molecule has 1 aromatic rings. The van der Waals surface area contributed by atoms with Gasteiger partial charge in [0.05, 0.1) is 13.2 Å². The minimum atomic E-state index is 0. The van der Waals surface area contributed by atoms with Gasteiger partial charge in [-0.25, -0.2) is 0 Å². The second-order valence-corrected chi connectivity index (χ2v) is 7.93. The van der Waals surface area contributed by atoms with Crippen molar-refractivity contribution in [3.8, 4) is 0 Å². The molecule has 0 aliphatic carbocycles. The lowest BCUT2D eigenvalue weighted by atomic mass is 9.94. The summed E-state index contributed by atoms with van der Waals surface area (Å²) in [7, 11) is 2.22. The van der Waals surface area contributed by atoms with Gasteiger partial charge in [-0.1, -0.05) is 24.3 Å². The molecule has 2 fully saturated rings. The number of nitrogens with one attached hydrogen (secondary N) is 1. The maximum Gasteiger partial charge on any atom is 0.194 e. The Labute approximate surface area is 187 Å². The number of morpholine rings is 1. The van der Waals surface area contributed by atoms with Gasteiger partial charge in [0.1, 0.15) is 6.10 Å². The third-order valence-electron chi connectivity index (χ3n) is 5.87. The molecule has 0 aromatic heterocycles. The van der Waals surface area contributed by atoms with Crippen LogP contribution in [0.2, 0.25) is 0 Å². The van der Waals surface area contributed by atoms with Crippen LogP contribution in [0.5, 0.6) is 0 Å². The van der Waals surface area contributed by atoms with E-state index in [2.05, 4.69) is 60.3 Å². The smallest absolute Gasteiger partial charge is 0.194 e. The predicted molar refractivity (Wildman–Crippen MR) is 128 cm³/mol. The van der Waals surface area contributed by atoms with E-state index in [1.165, 1.54) is 43.5 Å². The summed E-state index contributed by atoms with van der Waals surface area (Å²) >= 11 is 0. The Kier molecular flexibility index (Phi) is 10.0. The second-order valence-electron chi connectivity index (χ2n) is 7.93. The van der Waals surface area contributed by atoms with Gasteiger partial charge in [0.25, 0.3) is 0 Å². The molecule has 0 saturated carbocycles. The van der Waals surface area contributed by atoms with E-state index in [1.54, 1.807) is 0 Å². The van der Waals surface area contributed by atoms with E-state index in [4.69, 9.17) is 9.73 Å². The van der Waals surface area contributed by atoms with Crippen molar-refractivity contribution in [1.29, 1.82) is 0 Å². The molecule has 1 aromatic carbocycles. The van der Waals surface area contributed by atoms with E-state index in [0.717, 1.165) is 44.7 Å². The summed E-state index contributed by atoms with van der Waals surface area (Å²) in [6.45, 7) is 11.1. The standard InChI is InChI=1S/C22H36N4O.HI/c1-4-23-22(24-12-9-19-10-13-25(3)14-11-19)26-15-16-27-21(17-26)20-8-6-5-7-18(20)2;/h5-8,19,21H,4,9-17H2,1-3H3,(H,23,24);1H. The number of halogens is 1. The second kappa shape index (κ2) is 12.0. The molecule has 1 N–H and O–H groups in total. The Morgan fingerprint density at radius 3 is 2.68 bits per heavy atom. The summed E-state index contributed by atoms with van der Waals surface area (Å²) < 4.78 is 6.08. The first-order chi connectivity index (χ1) is 13.2. The van der Waals surface area contributed by atoms with E-state index in [1.807, 2.05) is 0 Å². The van der Waals surface area contributed by atoms with Gasteiger partial charge in [0.2, 0.25) is 0 Å². The first-order valence-corrected chi connectivity index (χ1v) is 10.6. The first kappa shape index (κ1) is 23.4. The fourth-order valence-corrected chi connectivity index (χ4v) is 4.11. The summed E-state index contributed by atoms with van der Waals surface area (Å²) in [4.78, 5) is 9.77. The molecule has 0 spiro atoms. The molecule has 0 radical (unpaired) electrons. The summed E-state index contributed by atoms with van der Waals surface area (Å²) in [6, 6.07) is 8.55. The maximum absolute atomic E-state index is 6.08. The average molecular weight is 500 g/mol. The van der Waals surface area contributed by atoms with Crippen LogP contribution in [0.25, 0.3) is 0 Å². The van der Waals surface area contributed by atoms with Crippen molar-refractivity contribution in [2.45, 2.75) is 39.2 Å². The van der Waals surface area contributed by atoms with Gasteiger partial charge in [0.15, 0.2) is 5.96 Å². The van der Waals surface area contributed by atoms with Crippen LogP contribution in [0.4, 0.5) is 0 Å². The minimum Gasteiger partial charge on any atom is -0.370 e. The van der Waals surface area contributed by atoms with Crippen LogP contribution >= 0.6 is 24.0 Å². The van der Waals surface area contributed by atoms with Crippen molar-refractivity contribution in [3.05, 3.63) is 35.4 Å². The Hall–Kier alpha value is -0.860.